The number of pyridine rings is 1. The number of fused-ring (bicyclic) bond motifs is 1. The minimum Gasteiger partial charge on any atom is -0.229 e. The average Bonchev–Trinajstić information content (AvgIpc) is 2.68. The van der Waals surface area contributed by atoms with Gasteiger partial charge in [-0.1, -0.05) is 0 Å². The molecule has 2 aromatic heterocycles. The molecule has 19 heavy (non-hydrogen) atoms. The monoisotopic (exact) mass is 279 g/mol. The van der Waals surface area contributed by atoms with Crippen molar-refractivity contribution in [1.29, 1.82) is 0 Å². The normalized spacial score (nSPS) is 22.7. The van der Waals surface area contributed by atoms with Gasteiger partial charge in [-0.25, -0.2) is 17.9 Å². The molecule has 2 aromatic rings. The van der Waals surface area contributed by atoms with E-state index in [0.29, 0.717) is 12.2 Å². The summed E-state index contributed by atoms with van der Waals surface area (Å²) in [4.78, 5) is 4.47. The molecule has 0 bridgehead atoms. The largest absolute Gasteiger partial charge is 0.229 e. The predicted octanol–water partition coefficient (Wildman–Crippen LogP) is 1.41. The van der Waals surface area contributed by atoms with Crippen LogP contribution in [-0.2, 0) is 16.3 Å². The third kappa shape index (κ3) is 2.78. The van der Waals surface area contributed by atoms with Crippen LogP contribution in [0.3, 0.4) is 0 Å². The third-order valence-corrected chi connectivity index (χ3v) is 5.46. The zero-order valence-corrected chi connectivity index (χ0v) is 11.7. The average molecular weight is 279 g/mol. The molecular formula is C13H17N3O2S. The summed E-state index contributed by atoms with van der Waals surface area (Å²) in [5, 5.41) is 4.41. The van der Waals surface area contributed by atoms with Crippen LogP contribution in [-0.4, -0.2) is 34.5 Å². The van der Waals surface area contributed by atoms with E-state index in [9.17, 15) is 8.42 Å². The van der Waals surface area contributed by atoms with Crippen molar-refractivity contribution in [3.63, 3.8) is 0 Å². The van der Waals surface area contributed by atoms with Crippen LogP contribution in [0.25, 0.3) is 5.65 Å². The van der Waals surface area contributed by atoms with Gasteiger partial charge in [0.05, 0.1) is 11.5 Å². The Morgan fingerprint density at radius 1 is 1.47 bits per heavy atom. The molecule has 1 aliphatic heterocycles. The molecule has 6 heteroatoms. The van der Waals surface area contributed by atoms with Gasteiger partial charge in [0.25, 0.3) is 0 Å². The number of aryl methyl sites for hydroxylation is 1. The van der Waals surface area contributed by atoms with E-state index in [-0.39, 0.29) is 11.7 Å². The number of sulfone groups is 1. The van der Waals surface area contributed by atoms with Crippen molar-refractivity contribution in [3.05, 3.63) is 29.7 Å². The fourth-order valence-electron chi connectivity index (χ4n) is 2.65. The first kappa shape index (κ1) is 12.6. The fraction of sp³-hybridized carbons (Fsp3) is 0.538. The highest BCUT2D eigenvalue weighted by atomic mass is 32.2. The Labute approximate surface area is 112 Å². The van der Waals surface area contributed by atoms with E-state index in [2.05, 4.69) is 10.1 Å². The standard InChI is InChI=1S/C13H17N3O2S/c1-10-4-5-16-13(7-10)14-12(15-16)8-11-3-2-6-19(17,18)9-11/h4-5,7,11H,2-3,6,8-9H2,1H3. The smallest absolute Gasteiger partial charge is 0.155 e. The minimum absolute atomic E-state index is 0.164. The summed E-state index contributed by atoms with van der Waals surface area (Å²) in [5.74, 6) is 1.52. The number of rotatable bonds is 2. The third-order valence-electron chi connectivity index (χ3n) is 3.57. The molecule has 0 aliphatic carbocycles. The van der Waals surface area contributed by atoms with Gasteiger partial charge in [0.15, 0.2) is 21.3 Å². The fourth-order valence-corrected chi connectivity index (χ4v) is 4.43. The van der Waals surface area contributed by atoms with Crippen LogP contribution in [0, 0.1) is 12.8 Å². The summed E-state index contributed by atoms with van der Waals surface area (Å²) in [7, 11) is -2.85. The second-order valence-electron chi connectivity index (χ2n) is 5.36. The van der Waals surface area contributed by atoms with Crippen LogP contribution in [0.1, 0.15) is 24.2 Å². The summed E-state index contributed by atoms with van der Waals surface area (Å²) in [6.45, 7) is 2.02. The van der Waals surface area contributed by atoms with Gasteiger partial charge < -0.3 is 0 Å². The van der Waals surface area contributed by atoms with Gasteiger partial charge in [0.1, 0.15) is 0 Å². The molecule has 1 saturated heterocycles. The second-order valence-corrected chi connectivity index (χ2v) is 7.59. The molecule has 1 unspecified atom stereocenters. The molecular weight excluding hydrogens is 262 g/mol. The van der Waals surface area contributed by atoms with Crippen molar-refractivity contribution in [3.8, 4) is 0 Å². The molecule has 1 atom stereocenters. The number of hydrogen-bond acceptors (Lipinski definition) is 4. The van der Waals surface area contributed by atoms with Crippen molar-refractivity contribution in [2.75, 3.05) is 11.5 Å². The van der Waals surface area contributed by atoms with Crippen LogP contribution < -0.4 is 0 Å². The predicted molar refractivity (Wildman–Crippen MR) is 72.8 cm³/mol. The van der Waals surface area contributed by atoms with E-state index in [1.165, 1.54) is 0 Å². The molecule has 1 aliphatic rings. The van der Waals surface area contributed by atoms with E-state index in [1.54, 1.807) is 4.52 Å². The van der Waals surface area contributed by atoms with E-state index in [0.717, 1.165) is 29.9 Å². The molecule has 0 amide bonds. The second kappa shape index (κ2) is 4.59. The van der Waals surface area contributed by atoms with Gasteiger partial charge in [-0.05, 0) is 43.4 Å². The lowest BCUT2D eigenvalue weighted by Gasteiger charge is -2.20. The van der Waals surface area contributed by atoms with Crippen molar-refractivity contribution >= 4 is 15.5 Å². The highest BCUT2D eigenvalue weighted by Crippen LogP contribution is 2.21. The molecule has 102 valence electrons. The van der Waals surface area contributed by atoms with Gasteiger partial charge in [-0.3, -0.25) is 0 Å². The van der Waals surface area contributed by atoms with Crippen molar-refractivity contribution in [1.82, 2.24) is 14.6 Å². The number of hydrogen-bond donors (Lipinski definition) is 0. The van der Waals surface area contributed by atoms with Crippen LogP contribution >= 0.6 is 0 Å². The molecule has 3 heterocycles. The van der Waals surface area contributed by atoms with Gasteiger partial charge in [-0.15, -0.1) is 0 Å². The maximum Gasteiger partial charge on any atom is 0.155 e. The topological polar surface area (TPSA) is 64.3 Å². The van der Waals surface area contributed by atoms with Crippen molar-refractivity contribution < 1.29 is 8.42 Å². The zero-order chi connectivity index (χ0) is 13.5. The number of aromatic nitrogens is 3. The lowest BCUT2D eigenvalue weighted by Crippen LogP contribution is -2.26. The molecule has 0 aromatic carbocycles. The Morgan fingerprint density at radius 3 is 3.11 bits per heavy atom. The molecule has 0 N–H and O–H groups in total. The number of nitrogens with zero attached hydrogens (tertiary/aromatic N) is 3. The van der Waals surface area contributed by atoms with Gasteiger partial charge in [0.2, 0.25) is 0 Å². The van der Waals surface area contributed by atoms with Gasteiger partial charge >= 0.3 is 0 Å². The Kier molecular flexibility index (Phi) is 3.05. The highest BCUT2D eigenvalue weighted by Gasteiger charge is 2.25. The Hall–Kier alpha value is -1.43. The lowest BCUT2D eigenvalue weighted by molar-refractivity contribution is 0.475. The van der Waals surface area contributed by atoms with Crippen molar-refractivity contribution in [2.24, 2.45) is 5.92 Å². The highest BCUT2D eigenvalue weighted by molar-refractivity contribution is 7.91. The quantitative estimate of drug-likeness (QED) is 0.833. The van der Waals surface area contributed by atoms with Crippen molar-refractivity contribution in [2.45, 2.75) is 26.2 Å². The first-order valence-electron chi connectivity index (χ1n) is 6.54. The summed E-state index contributed by atoms with van der Waals surface area (Å²) >= 11 is 0. The summed E-state index contributed by atoms with van der Waals surface area (Å²) < 4.78 is 25.0. The lowest BCUT2D eigenvalue weighted by atomic mass is 10.0. The Balaban J connectivity index is 1.81. The molecule has 3 rings (SSSR count). The molecule has 0 saturated carbocycles. The maximum atomic E-state index is 11.6. The summed E-state index contributed by atoms with van der Waals surface area (Å²) in [5.41, 5.74) is 1.97. The van der Waals surface area contributed by atoms with Gasteiger partial charge in [0, 0.05) is 12.6 Å². The van der Waals surface area contributed by atoms with E-state index in [4.69, 9.17) is 0 Å². The first-order valence-corrected chi connectivity index (χ1v) is 8.36. The summed E-state index contributed by atoms with van der Waals surface area (Å²) in [6, 6.07) is 3.96. The van der Waals surface area contributed by atoms with Crippen LogP contribution in [0.15, 0.2) is 18.3 Å². The van der Waals surface area contributed by atoms with E-state index < -0.39 is 9.84 Å². The van der Waals surface area contributed by atoms with Gasteiger partial charge in [-0.2, -0.15) is 5.10 Å². The van der Waals surface area contributed by atoms with Crippen LogP contribution in [0.5, 0.6) is 0 Å². The van der Waals surface area contributed by atoms with E-state index in [1.807, 2.05) is 25.3 Å². The SMILES string of the molecule is Cc1ccn2nc(CC3CCCS(=O)(=O)C3)nc2c1. The van der Waals surface area contributed by atoms with Crippen LogP contribution in [0.2, 0.25) is 0 Å². The summed E-state index contributed by atoms with van der Waals surface area (Å²) in [6.07, 6.45) is 4.26. The Bertz CT molecular complexity index is 706. The van der Waals surface area contributed by atoms with E-state index >= 15 is 0 Å². The molecule has 0 radical (unpaired) electrons. The minimum atomic E-state index is -2.85. The molecule has 1 fully saturated rings. The molecule has 5 nitrogen and oxygen atoms in total. The Morgan fingerprint density at radius 2 is 2.32 bits per heavy atom. The maximum absolute atomic E-state index is 11.6. The van der Waals surface area contributed by atoms with Crippen LogP contribution in [0.4, 0.5) is 0 Å². The first-order chi connectivity index (χ1) is 9.02. The molecule has 0 spiro atoms. The zero-order valence-electron chi connectivity index (χ0n) is 10.9.